The van der Waals surface area contributed by atoms with Crippen molar-refractivity contribution in [2.24, 2.45) is 0 Å². The van der Waals surface area contributed by atoms with Gasteiger partial charge in [-0.15, -0.1) is 0 Å². The molecule has 1 saturated heterocycles. The predicted molar refractivity (Wildman–Crippen MR) is 103 cm³/mol. The summed E-state index contributed by atoms with van der Waals surface area (Å²) in [5.74, 6) is -0.214. The molecule has 0 aromatic heterocycles. The molecule has 3 rings (SSSR count). The number of carbonyl (C=O) groups is 1. The Kier molecular flexibility index (Phi) is 5.79. The van der Waals surface area contributed by atoms with Crippen molar-refractivity contribution >= 4 is 50.7 Å². The number of sulfonamides is 1. The highest BCUT2D eigenvalue weighted by Gasteiger charge is 2.32. The van der Waals surface area contributed by atoms with E-state index in [2.05, 4.69) is 0 Å². The Morgan fingerprint density at radius 2 is 1.54 bits per heavy atom. The van der Waals surface area contributed by atoms with Crippen molar-refractivity contribution in [3.63, 3.8) is 0 Å². The summed E-state index contributed by atoms with van der Waals surface area (Å²) < 4.78 is 26.9. The van der Waals surface area contributed by atoms with E-state index >= 15 is 0 Å². The lowest BCUT2D eigenvalue weighted by atomic mass is 10.2. The van der Waals surface area contributed by atoms with E-state index in [1.54, 1.807) is 29.2 Å². The summed E-state index contributed by atoms with van der Waals surface area (Å²) in [7, 11) is -3.78. The van der Waals surface area contributed by atoms with Crippen molar-refractivity contribution in [3.8, 4) is 0 Å². The molecular formula is C17H15Cl3N2O3S. The van der Waals surface area contributed by atoms with Crippen LogP contribution in [-0.4, -0.2) is 49.7 Å². The fraction of sp³-hybridized carbons (Fsp3) is 0.235. The van der Waals surface area contributed by atoms with Crippen molar-refractivity contribution in [1.29, 1.82) is 0 Å². The number of rotatable bonds is 3. The van der Waals surface area contributed by atoms with Crippen molar-refractivity contribution in [3.05, 3.63) is 63.1 Å². The van der Waals surface area contributed by atoms with Gasteiger partial charge in [0, 0.05) is 31.2 Å². The molecule has 1 fully saturated rings. The van der Waals surface area contributed by atoms with Crippen molar-refractivity contribution in [2.45, 2.75) is 4.90 Å². The van der Waals surface area contributed by atoms with E-state index in [9.17, 15) is 13.2 Å². The van der Waals surface area contributed by atoms with E-state index in [4.69, 9.17) is 34.8 Å². The van der Waals surface area contributed by atoms with Gasteiger partial charge < -0.3 is 4.90 Å². The first-order valence-corrected chi connectivity index (χ1v) is 10.4. The van der Waals surface area contributed by atoms with Crippen LogP contribution >= 0.6 is 34.8 Å². The van der Waals surface area contributed by atoms with Gasteiger partial charge in [0.2, 0.25) is 10.0 Å². The Morgan fingerprint density at radius 3 is 2.19 bits per heavy atom. The van der Waals surface area contributed by atoms with Gasteiger partial charge in [0.25, 0.3) is 5.91 Å². The first-order valence-electron chi connectivity index (χ1n) is 7.80. The molecule has 0 atom stereocenters. The minimum atomic E-state index is -3.78. The molecule has 0 radical (unpaired) electrons. The summed E-state index contributed by atoms with van der Waals surface area (Å²) in [4.78, 5) is 14.1. The summed E-state index contributed by atoms with van der Waals surface area (Å²) >= 11 is 18.0. The Bertz CT molecular complexity index is 942. The summed E-state index contributed by atoms with van der Waals surface area (Å²) in [5.41, 5.74) is 0.406. The maximum absolute atomic E-state index is 12.8. The van der Waals surface area contributed by atoms with Gasteiger partial charge >= 0.3 is 0 Å². The number of amides is 1. The number of carbonyl (C=O) groups excluding carboxylic acids is 1. The molecule has 1 aliphatic rings. The molecule has 1 aliphatic heterocycles. The van der Waals surface area contributed by atoms with Crippen LogP contribution in [0.5, 0.6) is 0 Å². The van der Waals surface area contributed by atoms with Gasteiger partial charge in [-0.3, -0.25) is 4.79 Å². The maximum atomic E-state index is 12.8. The van der Waals surface area contributed by atoms with Gasteiger partial charge in [-0.1, -0.05) is 46.9 Å². The molecule has 0 bridgehead atoms. The molecule has 1 heterocycles. The van der Waals surface area contributed by atoms with Crippen LogP contribution in [0.3, 0.4) is 0 Å². The van der Waals surface area contributed by atoms with Gasteiger partial charge in [0.15, 0.2) is 0 Å². The number of hydrogen-bond donors (Lipinski definition) is 0. The van der Waals surface area contributed by atoms with Gasteiger partial charge in [-0.25, -0.2) is 8.42 Å². The monoisotopic (exact) mass is 432 g/mol. The van der Waals surface area contributed by atoms with E-state index < -0.39 is 10.0 Å². The normalized spacial score (nSPS) is 15.9. The van der Waals surface area contributed by atoms with Crippen LogP contribution < -0.4 is 0 Å². The Labute approximate surface area is 167 Å². The molecule has 5 nitrogen and oxygen atoms in total. The molecule has 0 N–H and O–H groups in total. The van der Waals surface area contributed by atoms with Crippen LogP contribution in [0.15, 0.2) is 47.4 Å². The molecule has 0 unspecified atom stereocenters. The minimum absolute atomic E-state index is 0.0300. The zero-order valence-corrected chi connectivity index (χ0v) is 16.6. The smallest absolute Gasteiger partial charge is 0.255 e. The molecule has 2 aromatic rings. The van der Waals surface area contributed by atoms with E-state index in [1.807, 2.05) is 0 Å². The number of piperazine rings is 1. The molecule has 1 amide bonds. The number of hydrogen-bond acceptors (Lipinski definition) is 3. The van der Waals surface area contributed by atoms with Crippen molar-refractivity contribution in [1.82, 2.24) is 9.21 Å². The lowest BCUT2D eigenvalue weighted by molar-refractivity contribution is 0.0698. The molecule has 0 aliphatic carbocycles. The van der Waals surface area contributed by atoms with Crippen LogP contribution in [-0.2, 0) is 10.0 Å². The zero-order chi connectivity index (χ0) is 18.9. The first kappa shape index (κ1) is 19.5. The van der Waals surface area contributed by atoms with E-state index in [1.165, 1.54) is 22.5 Å². The van der Waals surface area contributed by atoms with Gasteiger partial charge in [0.05, 0.1) is 15.6 Å². The summed E-state index contributed by atoms with van der Waals surface area (Å²) in [6.45, 7) is 0.867. The number of benzene rings is 2. The van der Waals surface area contributed by atoms with Crippen LogP contribution in [0, 0.1) is 0 Å². The third kappa shape index (κ3) is 3.85. The highest BCUT2D eigenvalue weighted by atomic mass is 35.5. The van der Waals surface area contributed by atoms with E-state index in [-0.39, 0.29) is 42.0 Å². The molecule has 26 heavy (non-hydrogen) atoms. The number of nitrogens with zero attached hydrogens (tertiary/aromatic N) is 2. The van der Waals surface area contributed by atoms with E-state index in [0.717, 1.165) is 0 Å². The van der Waals surface area contributed by atoms with Crippen LogP contribution in [0.2, 0.25) is 15.1 Å². The van der Waals surface area contributed by atoms with Crippen LogP contribution in [0.4, 0.5) is 0 Å². The van der Waals surface area contributed by atoms with E-state index in [0.29, 0.717) is 15.6 Å². The second kappa shape index (κ2) is 7.74. The average molecular weight is 434 g/mol. The fourth-order valence-electron chi connectivity index (χ4n) is 2.75. The lowest BCUT2D eigenvalue weighted by Gasteiger charge is -2.34. The standard InChI is InChI=1S/C17H15Cl3N2O3S/c18-12-5-6-15(20)16(11-12)26(24,25)22-9-7-21(8-10-22)17(23)13-3-1-2-4-14(13)19/h1-6,11H,7-10H2. The summed E-state index contributed by atoms with van der Waals surface area (Å²) in [5, 5.41) is 0.780. The first-order chi connectivity index (χ1) is 12.3. The highest BCUT2D eigenvalue weighted by molar-refractivity contribution is 7.89. The second-order valence-corrected chi connectivity index (χ2v) is 8.91. The zero-order valence-electron chi connectivity index (χ0n) is 13.5. The minimum Gasteiger partial charge on any atom is -0.336 e. The van der Waals surface area contributed by atoms with Crippen molar-refractivity contribution in [2.75, 3.05) is 26.2 Å². The molecule has 138 valence electrons. The second-order valence-electron chi connectivity index (χ2n) is 5.75. The SMILES string of the molecule is O=C(c1ccccc1Cl)N1CCN(S(=O)(=O)c2cc(Cl)ccc2Cl)CC1. The Morgan fingerprint density at radius 1 is 0.885 bits per heavy atom. The molecule has 0 saturated carbocycles. The van der Waals surface area contributed by atoms with Gasteiger partial charge in [-0.05, 0) is 30.3 Å². The van der Waals surface area contributed by atoms with Crippen LogP contribution in [0.1, 0.15) is 10.4 Å². The molecule has 9 heteroatoms. The fourth-order valence-corrected chi connectivity index (χ4v) is 5.13. The predicted octanol–water partition coefficient (Wildman–Crippen LogP) is 3.79. The van der Waals surface area contributed by atoms with Crippen molar-refractivity contribution < 1.29 is 13.2 Å². The maximum Gasteiger partial charge on any atom is 0.255 e. The Hall–Kier alpha value is -1.31. The van der Waals surface area contributed by atoms with Gasteiger partial charge in [-0.2, -0.15) is 4.31 Å². The highest BCUT2D eigenvalue weighted by Crippen LogP contribution is 2.28. The topological polar surface area (TPSA) is 57.7 Å². The third-order valence-electron chi connectivity index (χ3n) is 4.14. The quantitative estimate of drug-likeness (QED) is 0.740. The average Bonchev–Trinajstić information content (AvgIpc) is 2.63. The third-order valence-corrected chi connectivity index (χ3v) is 7.09. The Balaban J connectivity index is 1.75. The summed E-state index contributed by atoms with van der Waals surface area (Å²) in [6.07, 6.45) is 0. The molecular weight excluding hydrogens is 419 g/mol. The van der Waals surface area contributed by atoms with Gasteiger partial charge in [0.1, 0.15) is 4.90 Å². The molecule has 2 aromatic carbocycles. The summed E-state index contributed by atoms with van der Waals surface area (Å²) in [6, 6.07) is 11.1. The number of halogens is 3. The largest absolute Gasteiger partial charge is 0.336 e. The molecule has 0 spiro atoms. The van der Waals surface area contributed by atoms with Crippen LogP contribution in [0.25, 0.3) is 0 Å². The lowest BCUT2D eigenvalue weighted by Crippen LogP contribution is -2.50.